The summed E-state index contributed by atoms with van der Waals surface area (Å²) in [6, 6.07) is 9.50. The van der Waals surface area contributed by atoms with Crippen molar-refractivity contribution in [1.82, 2.24) is 5.32 Å². The molecule has 3 unspecified atom stereocenters. The summed E-state index contributed by atoms with van der Waals surface area (Å²) in [5, 5.41) is 22.0. The quantitative estimate of drug-likeness (QED) is 0.833. The highest BCUT2D eigenvalue weighted by molar-refractivity contribution is 5.34. The lowest BCUT2D eigenvalue weighted by molar-refractivity contribution is 0.102. The molecule has 0 heterocycles. The largest absolute Gasteiger partial charge is 0.491 e. The Labute approximate surface area is 120 Å². The second-order valence-electron chi connectivity index (χ2n) is 5.52. The SMILES string of the molecule is CC1CCCC1NCC(O)COc1ccc(C#N)cc1. The summed E-state index contributed by atoms with van der Waals surface area (Å²) in [4.78, 5) is 0. The van der Waals surface area contributed by atoms with E-state index in [9.17, 15) is 5.11 Å². The molecule has 20 heavy (non-hydrogen) atoms. The van der Waals surface area contributed by atoms with Gasteiger partial charge in [0.15, 0.2) is 0 Å². The average molecular weight is 274 g/mol. The van der Waals surface area contributed by atoms with Gasteiger partial charge in [0.05, 0.1) is 11.6 Å². The van der Waals surface area contributed by atoms with Crippen LogP contribution in [0.2, 0.25) is 0 Å². The lowest BCUT2D eigenvalue weighted by atomic mass is 10.1. The Kier molecular flexibility index (Phi) is 5.40. The van der Waals surface area contributed by atoms with Crippen molar-refractivity contribution in [3.05, 3.63) is 29.8 Å². The summed E-state index contributed by atoms with van der Waals surface area (Å²) in [5.74, 6) is 1.37. The predicted molar refractivity (Wildman–Crippen MR) is 77.5 cm³/mol. The molecule has 0 amide bonds. The van der Waals surface area contributed by atoms with Gasteiger partial charge < -0.3 is 15.2 Å². The number of ether oxygens (including phenoxy) is 1. The van der Waals surface area contributed by atoms with Crippen LogP contribution in [0.1, 0.15) is 31.7 Å². The summed E-state index contributed by atoms with van der Waals surface area (Å²) >= 11 is 0. The number of nitriles is 1. The number of hydrogen-bond donors (Lipinski definition) is 2. The topological polar surface area (TPSA) is 65.3 Å². The molecule has 1 saturated carbocycles. The van der Waals surface area contributed by atoms with Crippen LogP contribution in [0.4, 0.5) is 0 Å². The van der Waals surface area contributed by atoms with Gasteiger partial charge >= 0.3 is 0 Å². The number of rotatable bonds is 6. The van der Waals surface area contributed by atoms with Crippen molar-refractivity contribution in [2.75, 3.05) is 13.2 Å². The van der Waals surface area contributed by atoms with Gasteiger partial charge in [-0.25, -0.2) is 0 Å². The number of nitrogens with zero attached hydrogens (tertiary/aromatic N) is 1. The highest BCUT2D eigenvalue weighted by Crippen LogP contribution is 2.24. The highest BCUT2D eigenvalue weighted by atomic mass is 16.5. The van der Waals surface area contributed by atoms with E-state index in [-0.39, 0.29) is 6.61 Å². The Bertz CT molecular complexity index is 453. The lowest BCUT2D eigenvalue weighted by Crippen LogP contribution is -2.39. The van der Waals surface area contributed by atoms with E-state index in [1.54, 1.807) is 24.3 Å². The Balaban J connectivity index is 1.69. The number of hydrogen-bond acceptors (Lipinski definition) is 4. The van der Waals surface area contributed by atoms with E-state index >= 15 is 0 Å². The normalized spacial score (nSPS) is 23.2. The molecule has 2 rings (SSSR count). The molecule has 2 N–H and O–H groups in total. The molecule has 108 valence electrons. The van der Waals surface area contributed by atoms with Gasteiger partial charge in [-0.15, -0.1) is 0 Å². The van der Waals surface area contributed by atoms with Crippen LogP contribution in [0.5, 0.6) is 5.75 Å². The molecule has 3 atom stereocenters. The van der Waals surface area contributed by atoms with Gasteiger partial charge in [-0.1, -0.05) is 13.3 Å². The van der Waals surface area contributed by atoms with Crippen molar-refractivity contribution in [3.63, 3.8) is 0 Å². The zero-order chi connectivity index (χ0) is 14.4. The van der Waals surface area contributed by atoms with Gasteiger partial charge in [0, 0.05) is 12.6 Å². The fraction of sp³-hybridized carbons (Fsp3) is 0.562. The van der Waals surface area contributed by atoms with E-state index < -0.39 is 6.10 Å². The first-order valence-electron chi connectivity index (χ1n) is 7.23. The third-order valence-electron chi connectivity index (χ3n) is 3.90. The molecular formula is C16H22N2O2. The van der Waals surface area contributed by atoms with Gasteiger partial charge in [-0.3, -0.25) is 0 Å². The minimum absolute atomic E-state index is 0.264. The summed E-state index contributed by atoms with van der Waals surface area (Å²) in [5.41, 5.74) is 0.606. The first-order valence-corrected chi connectivity index (χ1v) is 7.23. The average Bonchev–Trinajstić information content (AvgIpc) is 2.89. The van der Waals surface area contributed by atoms with E-state index in [0.29, 0.717) is 29.8 Å². The lowest BCUT2D eigenvalue weighted by Gasteiger charge is -2.20. The Morgan fingerprint density at radius 1 is 1.40 bits per heavy atom. The summed E-state index contributed by atoms with van der Waals surface area (Å²) in [6.45, 7) is 3.08. The molecule has 1 aromatic carbocycles. The highest BCUT2D eigenvalue weighted by Gasteiger charge is 2.23. The molecular weight excluding hydrogens is 252 g/mol. The van der Waals surface area contributed by atoms with Crippen molar-refractivity contribution in [1.29, 1.82) is 5.26 Å². The van der Waals surface area contributed by atoms with Crippen molar-refractivity contribution >= 4 is 0 Å². The van der Waals surface area contributed by atoms with Gasteiger partial charge in [0.1, 0.15) is 18.5 Å². The first kappa shape index (κ1) is 14.8. The molecule has 0 spiro atoms. The standard InChI is InChI=1S/C16H22N2O2/c1-12-3-2-4-16(12)18-10-14(19)11-20-15-7-5-13(9-17)6-8-15/h5-8,12,14,16,18-19H,2-4,10-11H2,1H3. The van der Waals surface area contributed by atoms with E-state index in [1.807, 2.05) is 0 Å². The molecule has 1 aliphatic carbocycles. The van der Waals surface area contributed by atoms with E-state index in [2.05, 4.69) is 18.3 Å². The summed E-state index contributed by atoms with van der Waals surface area (Å²) in [6.07, 6.45) is 3.23. The van der Waals surface area contributed by atoms with E-state index in [0.717, 1.165) is 0 Å². The smallest absolute Gasteiger partial charge is 0.119 e. The molecule has 0 aliphatic heterocycles. The fourth-order valence-electron chi connectivity index (χ4n) is 2.61. The number of benzene rings is 1. The van der Waals surface area contributed by atoms with Crippen LogP contribution in [0.3, 0.4) is 0 Å². The van der Waals surface area contributed by atoms with Crippen LogP contribution >= 0.6 is 0 Å². The Morgan fingerprint density at radius 3 is 2.75 bits per heavy atom. The number of nitrogens with one attached hydrogen (secondary N) is 1. The van der Waals surface area contributed by atoms with Crippen molar-refractivity contribution in [3.8, 4) is 11.8 Å². The monoisotopic (exact) mass is 274 g/mol. The molecule has 0 saturated heterocycles. The minimum atomic E-state index is -0.515. The van der Waals surface area contributed by atoms with Crippen LogP contribution in [0.25, 0.3) is 0 Å². The van der Waals surface area contributed by atoms with Crippen LogP contribution in [0, 0.1) is 17.2 Å². The van der Waals surface area contributed by atoms with E-state index in [4.69, 9.17) is 10.00 Å². The molecule has 4 nitrogen and oxygen atoms in total. The molecule has 0 radical (unpaired) electrons. The zero-order valence-electron chi connectivity index (χ0n) is 11.9. The molecule has 1 aliphatic rings. The second-order valence-corrected chi connectivity index (χ2v) is 5.52. The fourth-order valence-corrected chi connectivity index (χ4v) is 2.61. The summed E-state index contributed by atoms with van der Waals surface area (Å²) in [7, 11) is 0. The van der Waals surface area contributed by atoms with Crippen molar-refractivity contribution < 1.29 is 9.84 Å². The first-order chi connectivity index (χ1) is 9.69. The Hall–Kier alpha value is -1.57. The maximum absolute atomic E-state index is 9.92. The minimum Gasteiger partial charge on any atom is -0.491 e. The second kappa shape index (κ2) is 7.28. The molecule has 0 aromatic heterocycles. The van der Waals surface area contributed by atoms with Crippen molar-refractivity contribution in [2.24, 2.45) is 5.92 Å². The zero-order valence-corrected chi connectivity index (χ0v) is 11.9. The van der Waals surface area contributed by atoms with Gasteiger partial charge in [-0.2, -0.15) is 5.26 Å². The van der Waals surface area contributed by atoms with Crippen LogP contribution < -0.4 is 10.1 Å². The van der Waals surface area contributed by atoms with Crippen LogP contribution in [-0.4, -0.2) is 30.4 Å². The van der Waals surface area contributed by atoms with Gasteiger partial charge in [0.25, 0.3) is 0 Å². The molecule has 1 fully saturated rings. The third-order valence-corrected chi connectivity index (χ3v) is 3.90. The Morgan fingerprint density at radius 2 is 2.15 bits per heavy atom. The predicted octanol–water partition coefficient (Wildman–Crippen LogP) is 2.08. The summed E-state index contributed by atoms with van der Waals surface area (Å²) < 4.78 is 5.51. The number of aliphatic hydroxyl groups excluding tert-OH is 1. The maximum Gasteiger partial charge on any atom is 0.119 e. The van der Waals surface area contributed by atoms with Gasteiger partial charge in [-0.05, 0) is 43.0 Å². The van der Waals surface area contributed by atoms with Gasteiger partial charge in [0.2, 0.25) is 0 Å². The third kappa shape index (κ3) is 4.22. The van der Waals surface area contributed by atoms with Crippen molar-refractivity contribution in [2.45, 2.75) is 38.3 Å². The number of aliphatic hydroxyl groups is 1. The molecule has 0 bridgehead atoms. The molecule has 1 aromatic rings. The van der Waals surface area contributed by atoms with Crippen LogP contribution in [0.15, 0.2) is 24.3 Å². The molecule has 4 heteroatoms. The maximum atomic E-state index is 9.92. The van der Waals surface area contributed by atoms with Crippen LogP contribution in [-0.2, 0) is 0 Å². The van der Waals surface area contributed by atoms with E-state index in [1.165, 1.54) is 19.3 Å².